The third-order valence-corrected chi connectivity index (χ3v) is 5.13. The lowest BCUT2D eigenvalue weighted by molar-refractivity contribution is 0.668. The highest BCUT2D eigenvalue weighted by Crippen LogP contribution is 2.34. The molecule has 1 aliphatic carbocycles. The van der Waals surface area contributed by atoms with Crippen LogP contribution in [-0.4, -0.2) is 29.7 Å². The second-order valence-corrected chi connectivity index (χ2v) is 7.04. The molecule has 1 saturated carbocycles. The Morgan fingerprint density at radius 1 is 1.27 bits per heavy atom. The molecule has 1 fully saturated rings. The van der Waals surface area contributed by atoms with E-state index in [9.17, 15) is 4.79 Å². The standard InChI is InChI=1S/C17H15N7OS/c25-17-23-22-13(24(17)10-4-5-10)9-19-14-11-6-8-26-16(11)21-15(20-14)12-3-1-2-7-18-12/h1-3,6-8,10H,4-5,9H2,(H,23,25)(H,19,20,21). The second kappa shape index (κ2) is 6.03. The maximum Gasteiger partial charge on any atom is 0.343 e. The number of nitrogens with one attached hydrogen (secondary N) is 2. The molecule has 5 rings (SSSR count). The van der Waals surface area contributed by atoms with Gasteiger partial charge in [-0.2, -0.15) is 5.10 Å². The SMILES string of the molecule is O=c1[nH]nc(CNc2nc(-c3ccccn3)nc3sccc23)n1C1CC1. The molecule has 0 unspecified atom stereocenters. The van der Waals surface area contributed by atoms with Gasteiger partial charge in [-0.15, -0.1) is 11.3 Å². The zero-order valence-electron chi connectivity index (χ0n) is 13.7. The predicted molar refractivity (Wildman–Crippen MR) is 99.1 cm³/mol. The van der Waals surface area contributed by atoms with Crippen molar-refractivity contribution < 1.29 is 0 Å². The number of pyridine rings is 1. The van der Waals surface area contributed by atoms with Crippen LogP contribution in [0.3, 0.4) is 0 Å². The molecule has 4 aromatic heterocycles. The average Bonchev–Trinajstić information content (AvgIpc) is 3.26. The molecule has 0 radical (unpaired) electrons. The number of hydrogen-bond acceptors (Lipinski definition) is 7. The Balaban J connectivity index is 1.50. The fourth-order valence-electron chi connectivity index (χ4n) is 2.93. The summed E-state index contributed by atoms with van der Waals surface area (Å²) in [5, 5.41) is 13.0. The smallest absolute Gasteiger partial charge is 0.343 e. The largest absolute Gasteiger partial charge is 0.362 e. The highest BCUT2D eigenvalue weighted by molar-refractivity contribution is 7.16. The summed E-state index contributed by atoms with van der Waals surface area (Å²) >= 11 is 1.56. The van der Waals surface area contributed by atoms with Gasteiger partial charge in [-0.05, 0) is 36.4 Å². The highest BCUT2D eigenvalue weighted by Gasteiger charge is 2.28. The van der Waals surface area contributed by atoms with Crippen LogP contribution in [0.1, 0.15) is 24.7 Å². The monoisotopic (exact) mass is 365 g/mol. The number of anilines is 1. The Labute approximate surface area is 152 Å². The lowest BCUT2D eigenvalue weighted by atomic mass is 10.3. The molecule has 0 amide bonds. The van der Waals surface area contributed by atoms with E-state index in [1.807, 2.05) is 29.6 Å². The van der Waals surface area contributed by atoms with Gasteiger partial charge in [0.1, 0.15) is 16.3 Å². The van der Waals surface area contributed by atoms with Gasteiger partial charge in [-0.1, -0.05) is 6.07 Å². The highest BCUT2D eigenvalue weighted by atomic mass is 32.1. The zero-order valence-corrected chi connectivity index (χ0v) is 14.5. The molecular formula is C17H15N7OS. The van der Waals surface area contributed by atoms with E-state index in [-0.39, 0.29) is 11.7 Å². The summed E-state index contributed by atoms with van der Waals surface area (Å²) in [4.78, 5) is 26.4. The minimum Gasteiger partial charge on any atom is -0.362 e. The fraction of sp³-hybridized carbons (Fsp3) is 0.235. The lowest BCUT2D eigenvalue weighted by Crippen LogP contribution is -2.19. The van der Waals surface area contributed by atoms with Crippen LogP contribution in [0.2, 0.25) is 0 Å². The molecule has 0 spiro atoms. The molecule has 0 aromatic carbocycles. The first-order valence-electron chi connectivity index (χ1n) is 8.36. The molecule has 130 valence electrons. The maximum absolute atomic E-state index is 11.9. The van der Waals surface area contributed by atoms with E-state index in [0.29, 0.717) is 18.2 Å². The van der Waals surface area contributed by atoms with E-state index in [2.05, 4.69) is 30.5 Å². The molecule has 0 saturated heterocycles. The van der Waals surface area contributed by atoms with Crippen molar-refractivity contribution in [3.8, 4) is 11.5 Å². The maximum atomic E-state index is 11.9. The van der Waals surface area contributed by atoms with Gasteiger partial charge in [0.25, 0.3) is 0 Å². The van der Waals surface area contributed by atoms with Crippen molar-refractivity contribution in [3.63, 3.8) is 0 Å². The molecule has 26 heavy (non-hydrogen) atoms. The Morgan fingerprint density at radius 3 is 3.00 bits per heavy atom. The molecule has 0 bridgehead atoms. The average molecular weight is 365 g/mol. The predicted octanol–water partition coefficient (Wildman–Crippen LogP) is 2.59. The minimum absolute atomic E-state index is 0.151. The molecule has 2 N–H and O–H groups in total. The Kier molecular flexibility index (Phi) is 3.52. The van der Waals surface area contributed by atoms with Crippen LogP contribution in [0.5, 0.6) is 0 Å². The van der Waals surface area contributed by atoms with E-state index in [4.69, 9.17) is 0 Å². The van der Waals surface area contributed by atoms with Crippen molar-refractivity contribution in [2.75, 3.05) is 5.32 Å². The first-order chi connectivity index (χ1) is 12.8. The summed E-state index contributed by atoms with van der Waals surface area (Å²) < 4.78 is 1.73. The first-order valence-corrected chi connectivity index (χ1v) is 9.24. The lowest BCUT2D eigenvalue weighted by Gasteiger charge is -2.09. The molecule has 4 heterocycles. The van der Waals surface area contributed by atoms with Crippen molar-refractivity contribution >= 4 is 27.4 Å². The van der Waals surface area contributed by atoms with Crippen molar-refractivity contribution in [1.82, 2.24) is 29.7 Å². The van der Waals surface area contributed by atoms with E-state index >= 15 is 0 Å². The van der Waals surface area contributed by atoms with Crippen LogP contribution in [-0.2, 0) is 6.54 Å². The van der Waals surface area contributed by atoms with Gasteiger partial charge in [-0.25, -0.2) is 19.9 Å². The third kappa shape index (κ3) is 2.66. The molecular weight excluding hydrogens is 350 g/mol. The van der Waals surface area contributed by atoms with Crippen molar-refractivity contribution in [1.29, 1.82) is 0 Å². The molecule has 0 aliphatic heterocycles. The van der Waals surface area contributed by atoms with Crippen LogP contribution < -0.4 is 11.0 Å². The van der Waals surface area contributed by atoms with Gasteiger partial charge in [0, 0.05) is 12.2 Å². The van der Waals surface area contributed by atoms with Crippen LogP contribution in [0.4, 0.5) is 5.82 Å². The van der Waals surface area contributed by atoms with Gasteiger partial charge < -0.3 is 5.32 Å². The van der Waals surface area contributed by atoms with Crippen molar-refractivity contribution in [2.24, 2.45) is 0 Å². The topological polar surface area (TPSA) is 101 Å². The van der Waals surface area contributed by atoms with Crippen molar-refractivity contribution in [2.45, 2.75) is 25.4 Å². The summed E-state index contributed by atoms with van der Waals surface area (Å²) in [5.74, 6) is 1.98. The normalized spacial score (nSPS) is 14.0. The van der Waals surface area contributed by atoms with E-state index in [0.717, 1.165) is 34.6 Å². The van der Waals surface area contributed by atoms with Gasteiger partial charge in [0.2, 0.25) is 0 Å². The van der Waals surface area contributed by atoms with Crippen LogP contribution >= 0.6 is 11.3 Å². The number of hydrogen-bond donors (Lipinski definition) is 2. The second-order valence-electron chi connectivity index (χ2n) is 6.15. The van der Waals surface area contributed by atoms with E-state index in [1.165, 1.54) is 0 Å². The van der Waals surface area contributed by atoms with E-state index in [1.54, 1.807) is 22.1 Å². The molecule has 9 heteroatoms. The van der Waals surface area contributed by atoms with Crippen LogP contribution in [0.15, 0.2) is 40.6 Å². The van der Waals surface area contributed by atoms with Gasteiger partial charge in [0.15, 0.2) is 11.6 Å². The summed E-state index contributed by atoms with van der Waals surface area (Å²) in [6, 6.07) is 7.92. The summed E-state index contributed by atoms with van der Waals surface area (Å²) in [7, 11) is 0. The number of aromatic nitrogens is 6. The van der Waals surface area contributed by atoms with Gasteiger partial charge in [0.05, 0.1) is 11.9 Å². The quantitative estimate of drug-likeness (QED) is 0.564. The number of rotatable bonds is 5. The summed E-state index contributed by atoms with van der Waals surface area (Å²) in [5.41, 5.74) is 0.572. The molecule has 4 aromatic rings. The zero-order chi connectivity index (χ0) is 17.5. The fourth-order valence-corrected chi connectivity index (χ4v) is 3.70. The number of thiophene rings is 1. The van der Waals surface area contributed by atoms with Crippen molar-refractivity contribution in [3.05, 3.63) is 52.2 Å². The number of H-pyrrole nitrogens is 1. The summed E-state index contributed by atoms with van der Waals surface area (Å²) in [6.07, 6.45) is 3.78. The Hall–Kier alpha value is -3.07. The van der Waals surface area contributed by atoms with Crippen LogP contribution in [0.25, 0.3) is 21.7 Å². The minimum atomic E-state index is -0.151. The molecule has 0 atom stereocenters. The van der Waals surface area contributed by atoms with Gasteiger partial charge >= 0.3 is 5.69 Å². The third-order valence-electron chi connectivity index (χ3n) is 4.32. The first kappa shape index (κ1) is 15.2. The summed E-state index contributed by atoms with van der Waals surface area (Å²) in [6.45, 7) is 0.416. The van der Waals surface area contributed by atoms with Gasteiger partial charge in [-0.3, -0.25) is 9.55 Å². The Bertz CT molecular complexity index is 1130. The molecule has 8 nitrogen and oxygen atoms in total. The molecule has 1 aliphatic rings. The Morgan fingerprint density at radius 2 is 2.19 bits per heavy atom. The van der Waals surface area contributed by atoms with Crippen LogP contribution in [0, 0.1) is 0 Å². The number of fused-ring (bicyclic) bond motifs is 1. The number of aromatic amines is 1. The van der Waals surface area contributed by atoms with E-state index < -0.39 is 0 Å². The number of nitrogens with zero attached hydrogens (tertiary/aromatic N) is 5.